The van der Waals surface area contributed by atoms with Gasteiger partial charge in [-0.1, -0.05) is 0 Å². The van der Waals surface area contributed by atoms with Crippen LogP contribution in [0.3, 0.4) is 0 Å². The molecule has 2 heterocycles. The number of alkyl halides is 1. The van der Waals surface area contributed by atoms with Crippen LogP contribution in [0.15, 0.2) is 23.5 Å². The minimum absolute atomic E-state index is 0.0724. The lowest BCUT2D eigenvalue weighted by atomic mass is 9.77. The first-order valence-electron chi connectivity index (χ1n) is 12.1. The molecule has 9 heteroatoms. The van der Waals surface area contributed by atoms with Crippen LogP contribution >= 0.6 is 0 Å². The molecule has 3 aliphatic rings. The van der Waals surface area contributed by atoms with Gasteiger partial charge in [-0.15, -0.1) is 0 Å². The fourth-order valence-electron chi connectivity index (χ4n) is 5.25. The average molecular weight is 492 g/mol. The van der Waals surface area contributed by atoms with E-state index in [1.807, 2.05) is 13.8 Å². The summed E-state index contributed by atoms with van der Waals surface area (Å²) in [5.41, 5.74) is 0.912. The molecule has 0 saturated heterocycles. The maximum atomic E-state index is 14.2. The summed E-state index contributed by atoms with van der Waals surface area (Å²) in [7, 11) is 4.53. The van der Waals surface area contributed by atoms with E-state index in [1.165, 1.54) is 21.3 Å². The molecule has 35 heavy (non-hydrogen) atoms. The highest BCUT2D eigenvalue weighted by atomic mass is 19.1. The van der Waals surface area contributed by atoms with Crippen LogP contribution in [0.5, 0.6) is 17.2 Å². The van der Waals surface area contributed by atoms with E-state index in [9.17, 15) is 14.0 Å². The summed E-state index contributed by atoms with van der Waals surface area (Å²) in [5, 5.41) is 0. The number of Topliss-reactive ketones (excluding diaryl/α,β-unsaturated/α-hetero) is 1. The number of rotatable bonds is 9. The number of ketones is 1. The summed E-state index contributed by atoms with van der Waals surface area (Å²) in [4.78, 5) is 28.9. The molecule has 8 nitrogen and oxygen atoms in total. The lowest BCUT2D eigenvalue weighted by molar-refractivity contribution is -0.136. The molecule has 4 unspecified atom stereocenters. The second kappa shape index (κ2) is 10.4. The molecule has 0 spiro atoms. The zero-order valence-electron chi connectivity index (χ0n) is 21.0. The molecule has 2 aliphatic heterocycles. The largest absolute Gasteiger partial charge is 0.493 e. The van der Waals surface area contributed by atoms with Gasteiger partial charge in [0.2, 0.25) is 5.75 Å². The van der Waals surface area contributed by atoms with Crippen LogP contribution in [-0.2, 0) is 19.1 Å². The molecular weight excluding hydrogens is 457 g/mol. The van der Waals surface area contributed by atoms with Gasteiger partial charge in [-0.25, -0.2) is 4.39 Å². The first-order chi connectivity index (χ1) is 16.8. The normalized spacial score (nSPS) is 26.0. The zero-order chi connectivity index (χ0) is 25.3. The number of ether oxygens (including phenoxy) is 5. The van der Waals surface area contributed by atoms with E-state index in [4.69, 9.17) is 23.7 Å². The van der Waals surface area contributed by atoms with Crippen LogP contribution in [0.1, 0.15) is 51.1 Å². The molecule has 4 atom stereocenters. The molecule has 0 aromatic heterocycles. The van der Waals surface area contributed by atoms with Gasteiger partial charge in [0, 0.05) is 13.2 Å². The Morgan fingerprint density at radius 1 is 1.09 bits per heavy atom. The van der Waals surface area contributed by atoms with E-state index in [1.54, 1.807) is 17.0 Å². The fourth-order valence-corrected chi connectivity index (χ4v) is 5.25. The second-order valence-electron chi connectivity index (χ2n) is 9.41. The Balaban J connectivity index is 1.76. The van der Waals surface area contributed by atoms with Crippen molar-refractivity contribution in [2.45, 2.75) is 64.0 Å². The summed E-state index contributed by atoms with van der Waals surface area (Å²) in [6.07, 6.45) is -0.00836. The highest BCUT2D eigenvalue weighted by molar-refractivity contribution is 6.11. The lowest BCUT2D eigenvalue weighted by Gasteiger charge is -2.36. The highest BCUT2D eigenvalue weighted by Gasteiger charge is 2.53. The number of nitrogens with zero attached hydrogens (tertiary/aromatic N) is 1. The summed E-state index contributed by atoms with van der Waals surface area (Å²) in [6, 6.07) is 2.77. The van der Waals surface area contributed by atoms with Crippen LogP contribution in [0.2, 0.25) is 0 Å². The van der Waals surface area contributed by atoms with Crippen LogP contribution in [0.25, 0.3) is 0 Å². The van der Waals surface area contributed by atoms with Crippen LogP contribution in [0, 0.1) is 5.92 Å². The Kier molecular flexibility index (Phi) is 7.54. The van der Waals surface area contributed by atoms with Gasteiger partial charge in [0.1, 0.15) is 12.3 Å². The third kappa shape index (κ3) is 4.70. The number of halogens is 1. The van der Waals surface area contributed by atoms with E-state index in [-0.39, 0.29) is 35.5 Å². The molecule has 1 amide bonds. The van der Waals surface area contributed by atoms with Crippen LogP contribution < -0.4 is 14.2 Å². The monoisotopic (exact) mass is 491 g/mol. The first kappa shape index (κ1) is 25.3. The number of carbonyl (C=O) groups excluding carboxylic acids is 2. The fraction of sp³-hybridized carbons (Fsp3) is 0.615. The molecule has 0 N–H and O–H groups in total. The zero-order valence-corrected chi connectivity index (χ0v) is 21.0. The minimum atomic E-state index is -1.05. The number of hydrogen-bond acceptors (Lipinski definition) is 7. The Bertz CT molecular complexity index is 982. The van der Waals surface area contributed by atoms with Crippen molar-refractivity contribution in [1.29, 1.82) is 0 Å². The molecule has 0 radical (unpaired) electrons. The molecule has 1 aromatic rings. The molecular formula is C26H34FNO7. The standard InChI is InChI=1S/C26H34FNO7/c1-14(2)34-10-6-9-28-22(15-11-19(31-3)24(33-5)20(12-15)32-4)21-23(29)17-13-16(27)7-8-18(17)35-25(21)26(28)30/h11-12,14,16-18,22H,6-10,13H2,1-5H3. The lowest BCUT2D eigenvalue weighted by Crippen LogP contribution is -2.42. The van der Waals surface area contributed by atoms with Gasteiger partial charge in [-0.05, 0) is 57.2 Å². The number of amides is 1. The van der Waals surface area contributed by atoms with E-state index in [0.29, 0.717) is 55.2 Å². The number of benzene rings is 1. The quantitative estimate of drug-likeness (QED) is 0.486. The van der Waals surface area contributed by atoms with Crippen molar-refractivity contribution in [2.24, 2.45) is 5.92 Å². The Morgan fingerprint density at radius 3 is 2.37 bits per heavy atom. The maximum Gasteiger partial charge on any atom is 0.290 e. The SMILES string of the molecule is COc1cc(C2C3=C(OC4CCC(F)CC4C3=O)C(=O)N2CCCOC(C)C)cc(OC)c1OC. The summed E-state index contributed by atoms with van der Waals surface area (Å²) >= 11 is 0. The van der Waals surface area contributed by atoms with Gasteiger partial charge in [-0.3, -0.25) is 9.59 Å². The number of fused-ring (bicyclic) bond motifs is 1. The van der Waals surface area contributed by atoms with Crippen molar-refractivity contribution in [2.75, 3.05) is 34.5 Å². The van der Waals surface area contributed by atoms with Gasteiger partial charge in [0.05, 0.1) is 45.0 Å². The van der Waals surface area contributed by atoms with E-state index in [2.05, 4.69) is 0 Å². The highest BCUT2D eigenvalue weighted by Crippen LogP contribution is 2.49. The Hall–Kier alpha value is -2.81. The van der Waals surface area contributed by atoms with Crippen LogP contribution in [-0.4, -0.2) is 69.5 Å². The first-order valence-corrected chi connectivity index (χ1v) is 12.1. The minimum Gasteiger partial charge on any atom is -0.493 e. The Labute approximate surface area is 205 Å². The predicted octanol–water partition coefficient (Wildman–Crippen LogP) is 3.77. The van der Waals surface area contributed by atoms with Gasteiger partial charge >= 0.3 is 0 Å². The number of hydrogen-bond donors (Lipinski definition) is 0. The average Bonchev–Trinajstić information content (AvgIpc) is 3.12. The summed E-state index contributed by atoms with van der Waals surface area (Å²) in [6.45, 7) is 4.73. The van der Waals surface area contributed by atoms with Crippen molar-refractivity contribution in [1.82, 2.24) is 4.90 Å². The molecule has 192 valence electrons. The van der Waals surface area contributed by atoms with Crippen molar-refractivity contribution in [3.8, 4) is 17.2 Å². The third-order valence-corrected chi connectivity index (χ3v) is 6.88. The van der Waals surface area contributed by atoms with E-state index in [0.717, 1.165) is 0 Å². The van der Waals surface area contributed by atoms with Crippen molar-refractivity contribution in [3.05, 3.63) is 29.0 Å². The topological polar surface area (TPSA) is 83.5 Å². The maximum absolute atomic E-state index is 14.2. The summed E-state index contributed by atoms with van der Waals surface area (Å²) < 4.78 is 42.5. The summed E-state index contributed by atoms with van der Waals surface area (Å²) in [5.74, 6) is 0.165. The molecule has 1 aliphatic carbocycles. The number of methoxy groups -OCH3 is 3. The molecule has 1 saturated carbocycles. The number of carbonyl (C=O) groups is 2. The molecule has 4 rings (SSSR count). The van der Waals surface area contributed by atoms with Crippen LogP contribution in [0.4, 0.5) is 4.39 Å². The van der Waals surface area contributed by atoms with Gasteiger partial charge < -0.3 is 28.6 Å². The van der Waals surface area contributed by atoms with E-state index < -0.39 is 24.2 Å². The van der Waals surface area contributed by atoms with Gasteiger partial charge in [0.15, 0.2) is 23.0 Å². The molecule has 1 fully saturated rings. The van der Waals surface area contributed by atoms with Crippen molar-refractivity contribution < 1.29 is 37.7 Å². The second-order valence-corrected chi connectivity index (χ2v) is 9.41. The smallest absolute Gasteiger partial charge is 0.290 e. The van der Waals surface area contributed by atoms with Crippen molar-refractivity contribution >= 4 is 11.7 Å². The molecule has 1 aromatic carbocycles. The third-order valence-electron chi connectivity index (χ3n) is 6.88. The van der Waals surface area contributed by atoms with Gasteiger partial charge in [-0.2, -0.15) is 0 Å². The van der Waals surface area contributed by atoms with Gasteiger partial charge in [0.25, 0.3) is 5.91 Å². The predicted molar refractivity (Wildman–Crippen MR) is 125 cm³/mol. The molecule has 0 bridgehead atoms. The Morgan fingerprint density at radius 2 is 1.77 bits per heavy atom. The van der Waals surface area contributed by atoms with E-state index >= 15 is 0 Å². The van der Waals surface area contributed by atoms with Crippen molar-refractivity contribution in [3.63, 3.8) is 0 Å².